The molecule has 4 heteroatoms. The molecule has 0 bridgehead atoms. The summed E-state index contributed by atoms with van der Waals surface area (Å²) in [5.74, 6) is 0.306. The standard InChI is InChI=1S/C13H21N3O/c1-4-13(6-5-7-14-13)12(17)9-11-8-10(2)15-16(11)3/h8,14H,4-7,9H2,1-3H3. The number of aryl methyl sites for hydroxylation is 2. The van der Waals surface area contributed by atoms with Gasteiger partial charge < -0.3 is 5.32 Å². The Labute approximate surface area is 102 Å². The van der Waals surface area contributed by atoms with E-state index in [0.29, 0.717) is 12.2 Å². The first-order valence-electron chi connectivity index (χ1n) is 6.35. The van der Waals surface area contributed by atoms with Crippen molar-refractivity contribution in [3.8, 4) is 0 Å². The Morgan fingerprint density at radius 2 is 2.41 bits per heavy atom. The molecule has 1 N–H and O–H groups in total. The van der Waals surface area contributed by atoms with Gasteiger partial charge in [-0.05, 0) is 38.8 Å². The number of carbonyl (C=O) groups excluding carboxylic acids is 1. The molecule has 94 valence electrons. The molecular weight excluding hydrogens is 214 g/mol. The van der Waals surface area contributed by atoms with Crippen molar-refractivity contribution in [2.75, 3.05) is 6.54 Å². The minimum atomic E-state index is -0.280. The Hall–Kier alpha value is -1.16. The predicted octanol–water partition coefficient (Wildman–Crippen LogP) is 1.37. The third-order valence-electron chi connectivity index (χ3n) is 3.82. The van der Waals surface area contributed by atoms with E-state index in [2.05, 4.69) is 17.3 Å². The highest BCUT2D eigenvalue weighted by Crippen LogP contribution is 2.25. The van der Waals surface area contributed by atoms with Gasteiger partial charge in [0.15, 0.2) is 5.78 Å². The lowest BCUT2D eigenvalue weighted by Crippen LogP contribution is -2.47. The monoisotopic (exact) mass is 235 g/mol. The number of nitrogens with zero attached hydrogens (tertiary/aromatic N) is 2. The van der Waals surface area contributed by atoms with Gasteiger partial charge in [-0.25, -0.2) is 0 Å². The van der Waals surface area contributed by atoms with Crippen molar-refractivity contribution in [2.24, 2.45) is 7.05 Å². The minimum absolute atomic E-state index is 0.280. The van der Waals surface area contributed by atoms with Gasteiger partial charge in [0.05, 0.1) is 17.7 Å². The zero-order valence-electron chi connectivity index (χ0n) is 10.9. The average Bonchev–Trinajstić information content (AvgIpc) is 2.87. The summed E-state index contributed by atoms with van der Waals surface area (Å²) in [7, 11) is 1.90. The molecule has 0 radical (unpaired) electrons. The molecule has 1 atom stereocenters. The molecule has 4 nitrogen and oxygen atoms in total. The Kier molecular flexibility index (Phi) is 3.33. The van der Waals surface area contributed by atoms with Crippen LogP contribution >= 0.6 is 0 Å². The minimum Gasteiger partial charge on any atom is -0.305 e. The Bertz CT molecular complexity index is 416. The summed E-state index contributed by atoms with van der Waals surface area (Å²) in [6.07, 6.45) is 3.43. The van der Waals surface area contributed by atoms with Crippen molar-refractivity contribution in [1.82, 2.24) is 15.1 Å². The molecule has 1 aliphatic rings. The van der Waals surface area contributed by atoms with Crippen LogP contribution in [-0.2, 0) is 18.3 Å². The molecule has 17 heavy (non-hydrogen) atoms. The summed E-state index contributed by atoms with van der Waals surface area (Å²) >= 11 is 0. The van der Waals surface area contributed by atoms with Crippen LogP contribution in [0.4, 0.5) is 0 Å². The Balaban J connectivity index is 2.13. The molecule has 0 amide bonds. The van der Waals surface area contributed by atoms with E-state index < -0.39 is 0 Å². The van der Waals surface area contributed by atoms with E-state index in [1.807, 2.05) is 24.7 Å². The van der Waals surface area contributed by atoms with E-state index in [1.54, 1.807) is 0 Å². The quantitative estimate of drug-likeness (QED) is 0.857. The van der Waals surface area contributed by atoms with Gasteiger partial charge in [0.1, 0.15) is 0 Å². The van der Waals surface area contributed by atoms with E-state index in [-0.39, 0.29) is 5.54 Å². The van der Waals surface area contributed by atoms with Crippen molar-refractivity contribution in [3.05, 3.63) is 17.5 Å². The van der Waals surface area contributed by atoms with E-state index in [9.17, 15) is 4.79 Å². The second-order valence-corrected chi connectivity index (χ2v) is 4.97. The number of hydrogen-bond acceptors (Lipinski definition) is 3. The molecule has 0 spiro atoms. The van der Waals surface area contributed by atoms with Gasteiger partial charge in [0, 0.05) is 12.7 Å². The molecule has 1 aromatic rings. The molecular formula is C13H21N3O. The van der Waals surface area contributed by atoms with Crippen LogP contribution in [-0.4, -0.2) is 27.6 Å². The van der Waals surface area contributed by atoms with Crippen LogP contribution in [0.2, 0.25) is 0 Å². The van der Waals surface area contributed by atoms with E-state index in [4.69, 9.17) is 0 Å². The van der Waals surface area contributed by atoms with Gasteiger partial charge >= 0.3 is 0 Å². The lowest BCUT2D eigenvalue weighted by Gasteiger charge is -2.26. The number of carbonyl (C=O) groups is 1. The summed E-state index contributed by atoms with van der Waals surface area (Å²) in [6, 6.07) is 2.00. The summed E-state index contributed by atoms with van der Waals surface area (Å²) in [4.78, 5) is 12.4. The molecule has 2 heterocycles. The fourth-order valence-corrected chi connectivity index (χ4v) is 2.71. The van der Waals surface area contributed by atoms with Crippen LogP contribution < -0.4 is 5.32 Å². The highest BCUT2D eigenvalue weighted by atomic mass is 16.1. The van der Waals surface area contributed by atoms with Crippen LogP contribution in [0, 0.1) is 6.92 Å². The third kappa shape index (κ3) is 2.27. The Morgan fingerprint density at radius 3 is 2.88 bits per heavy atom. The summed E-state index contributed by atoms with van der Waals surface area (Å²) < 4.78 is 1.81. The van der Waals surface area contributed by atoms with Gasteiger partial charge in [-0.1, -0.05) is 6.92 Å². The molecule has 2 rings (SSSR count). The topological polar surface area (TPSA) is 46.9 Å². The fourth-order valence-electron chi connectivity index (χ4n) is 2.71. The first kappa shape index (κ1) is 12.3. The van der Waals surface area contributed by atoms with Gasteiger partial charge in [0.2, 0.25) is 0 Å². The highest BCUT2D eigenvalue weighted by molar-refractivity contribution is 5.90. The molecule has 1 aliphatic heterocycles. The molecule has 1 unspecified atom stereocenters. The molecule has 0 aliphatic carbocycles. The van der Waals surface area contributed by atoms with E-state index >= 15 is 0 Å². The SMILES string of the molecule is CCC1(C(=O)Cc2cc(C)nn2C)CCCN1. The molecule has 1 fully saturated rings. The fraction of sp³-hybridized carbons (Fsp3) is 0.692. The van der Waals surface area contributed by atoms with Crippen molar-refractivity contribution in [1.29, 1.82) is 0 Å². The normalized spacial score (nSPS) is 24.2. The Morgan fingerprint density at radius 1 is 1.65 bits per heavy atom. The van der Waals surface area contributed by atoms with Crippen molar-refractivity contribution in [3.63, 3.8) is 0 Å². The lowest BCUT2D eigenvalue weighted by atomic mass is 9.87. The summed E-state index contributed by atoms with van der Waals surface area (Å²) in [5.41, 5.74) is 1.70. The molecule has 1 saturated heterocycles. The zero-order chi connectivity index (χ0) is 12.5. The molecule has 0 saturated carbocycles. The average molecular weight is 235 g/mol. The van der Waals surface area contributed by atoms with Crippen LogP contribution in [0.15, 0.2) is 6.07 Å². The van der Waals surface area contributed by atoms with Gasteiger partial charge in [-0.15, -0.1) is 0 Å². The van der Waals surface area contributed by atoms with Gasteiger partial charge in [-0.3, -0.25) is 9.48 Å². The predicted molar refractivity (Wildman–Crippen MR) is 66.9 cm³/mol. The summed E-state index contributed by atoms with van der Waals surface area (Å²) in [6.45, 7) is 5.01. The van der Waals surface area contributed by atoms with Crippen LogP contribution in [0.1, 0.15) is 37.6 Å². The number of Topliss-reactive ketones (excluding diaryl/α,β-unsaturated/α-hetero) is 1. The zero-order valence-corrected chi connectivity index (χ0v) is 10.9. The number of ketones is 1. The highest BCUT2D eigenvalue weighted by Gasteiger charge is 2.38. The van der Waals surface area contributed by atoms with Crippen molar-refractivity contribution in [2.45, 2.75) is 45.1 Å². The first-order valence-corrected chi connectivity index (χ1v) is 6.35. The van der Waals surface area contributed by atoms with Crippen LogP contribution in [0.25, 0.3) is 0 Å². The first-order chi connectivity index (χ1) is 8.07. The van der Waals surface area contributed by atoms with Crippen molar-refractivity contribution >= 4 is 5.78 Å². The summed E-state index contributed by atoms with van der Waals surface area (Å²) in [5, 5.41) is 7.67. The van der Waals surface area contributed by atoms with Gasteiger partial charge in [0.25, 0.3) is 0 Å². The second-order valence-electron chi connectivity index (χ2n) is 4.97. The maximum atomic E-state index is 12.4. The van der Waals surface area contributed by atoms with Crippen LogP contribution in [0.5, 0.6) is 0 Å². The number of aromatic nitrogens is 2. The number of hydrogen-bond donors (Lipinski definition) is 1. The lowest BCUT2D eigenvalue weighted by molar-refractivity contribution is -0.124. The second kappa shape index (κ2) is 4.61. The number of rotatable bonds is 4. The number of nitrogens with one attached hydrogen (secondary N) is 1. The smallest absolute Gasteiger partial charge is 0.158 e. The molecule has 0 aromatic carbocycles. The van der Waals surface area contributed by atoms with E-state index in [1.165, 1.54) is 0 Å². The third-order valence-corrected chi connectivity index (χ3v) is 3.82. The van der Waals surface area contributed by atoms with Gasteiger partial charge in [-0.2, -0.15) is 5.10 Å². The van der Waals surface area contributed by atoms with E-state index in [0.717, 1.165) is 37.2 Å². The molecule has 1 aromatic heterocycles. The maximum absolute atomic E-state index is 12.4. The largest absolute Gasteiger partial charge is 0.305 e. The van der Waals surface area contributed by atoms with Crippen molar-refractivity contribution < 1.29 is 4.79 Å². The maximum Gasteiger partial charge on any atom is 0.158 e. The van der Waals surface area contributed by atoms with Crippen LogP contribution in [0.3, 0.4) is 0 Å².